The number of nitrogens with one attached hydrogen (secondary N) is 4. The highest BCUT2D eigenvalue weighted by molar-refractivity contribution is 6.34. The van der Waals surface area contributed by atoms with Gasteiger partial charge in [0, 0.05) is 91.6 Å². The van der Waals surface area contributed by atoms with Gasteiger partial charge < -0.3 is 50.2 Å². The fourth-order valence-corrected chi connectivity index (χ4v) is 11.1. The van der Waals surface area contributed by atoms with E-state index in [2.05, 4.69) is 75.3 Å². The van der Waals surface area contributed by atoms with Crippen molar-refractivity contribution < 1.29 is 43.0 Å². The maximum Gasteiger partial charge on any atom is 0.259 e. The Balaban J connectivity index is 0.000000156. The minimum Gasteiger partial charge on any atom is -0.496 e. The molecule has 0 bridgehead atoms. The number of anilines is 4. The molecule has 3 aliphatic heterocycles. The zero-order chi connectivity index (χ0) is 61.7. The van der Waals surface area contributed by atoms with Crippen LogP contribution in [0.4, 0.5) is 22.7 Å². The molecule has 0 saturated carbocycles. The lowest BCUT2D eigenvalue weighted by molar-refractivity contribution is -0.114. The number of amides is 4. The van der Waals surface area contributed by atoms with Gasteiger partial charge in [0.1, 0.15) is 17.2 Å². The standard InChI is InChI=1S/2C25H24N2O3.C20H22ClN3O3/c1-27-14-13-20-19(16-27)9-6-10-22(20)26-25(29)21-15-18(11-12-23(21)30-2)24(28)17-7-4-3-5-8-17;1-27-14-13-20-19(16-27)9-6-10-22(20)26-25(29)21-12-11-18(15-23(21)30-2)24(28)17-7-4-3-5-8-17;1-12(25)22-18-10-19(27-3)14(9-16(18)21)20(26)23-17-6-4-5-13-7-8-24(2)11-15(13)17/h2*3-12,15H,13-14,16H2,1-2H3,(H,26,29);4-6,9-10H,7-8,11H2,1-3H3,(H,22,25)(H,23,26). The molecular weight excluding hydrogens is 1120 g/mol. The second-order valence-electron chi connectivity index (χ2n) is 21.6. The van der Waals surface area contributed by atoms with E-state index in [9.17, 15) is 28.8 Å². The fourth-order valence-electron chi connectivity index (χ4n) is 10.9. The SMILES string of the molecule is COc1cc(C(=O)c2ccccc2)ccc1C(=O)Nc1cccc2c1CCN(C)C2.COc1cc(NC(C)=O)c(Cl)cc1C(=O)Nc1cccc2c1CN(C)CC2.COc1ccc(C(=O)c2ccccc2)cc1C(=O)Nc1cccc2c1CCN(C)C2. The van der Waals surface area contributed by atoms with E-state index < -0.39 is 0 Å². The Hall–Kier alpha value is -9.45. The number of ether oxygens (including phenoxy) is 3. The van der Waals surface area contributed by atoms with Crippen molar-refractivity contribution in [1.29, 1.82) is 0 Å². The third kappa shape index (κ3) is 15.2. The summed E-state index contributed by atoms with van der Waals surface area (Å²) in [5.41, 5.74) is 13.1. The molecule has 446 valence electrons. The summed E-state index contributed by atoms with van der Waals surface area (Å²) in [6.07, 6.45) is 2.73. The number of nitrogens with zero attached hydrogens (tertiary/aromatic N) is 3. The fraction of sp³-hybridized carbons (Fsp3) is 0.229. The molecule has 0 saturated heterocycles. The van der Waals surface area contributed by atoms with Gasteiger partial charge in [0.25, 0.3) is 17.7 Å². The molecule has 11 rings (SSSR count). The van der Waals surface area contributed by atoms with Gasteiger partial charge in [-0.2, -0.15) is 0 Å². The minimum absolute atomic E-state index is 0.109. The smallest absolute Gasteiger partial charge is 0.259 e. The first-order valence-corrected chi connectivity index (χ1v) is 28.9. The van der Waals surface area contributed by atoms with E-state index in [0.29, 0.717) is 61.9 Å². The molecule has 0 radical (unpaired) electrons. The van der Waals surface area contributed by atoms with Crippen molar-refractivity contribution in [3.05, 3.63) is 241 Å². The highest BCUT2D eigenvalue weighted by atomic mass is 35.5. The summed E-state index contributed by atoms with van der Waals surface area (Å²) >= 11 is 6.23. The molecule has 8 aromatic rings. The van der Waals surface area contributed by atoms with Gasteiger partial charge in [-0.1, -0.05) is 109 Å². The van der Waals surface area contributed by atoms with Crippen LogP contribution in [0.1, 0.15) is 103 Å². The third-order valence-corrected chi connectivity index (χ3v) is 15.8. The number of halogens is 1. The third-order valence-electron chi connectivity index (χ3n) is 15.5. The van der Waals surface area contributed by atoms with Crippen molar-refractivity contribution in [2.75, 3.05) is 83.4 Å². The van der Waals surface area contributed by atoms with Gasteiger partial charge >= 0.3 is 0 Å². The molecule has 3 heterocycles. The predicted octanol–water partition coefficient (Wildman–Crippen LogP) is 11.9. The highest BCUT2D eigenvalue weighted by Crippen LogP contribution is 2.34. The van der Waals surface area contributed by atoms with Crippen molar-refractivity contribution in [3.63, 3.8) is 0 Å². The van der Waals surface area contributed by atoms with Crippen LogP contribution in [0.15, 0.2) is 164 Å². The van der Waals surface area contributed by atoms with E-state index in [0.717, 1.165) is 81.2 Å². The average Bonchev–Trinajstić information content (AvgIpc) is 3.73. The molecule has 16 nitrogen and oxygen atoms in total. The largest absolute Gasteiger partial charge is 0.496 e. The number of ketones is 2. The Morgan fingerprint density at radius 3 is 1.34 bits per heavy atom. The molecule has 0 aromatic heterocycles. The van der Waals surface area contributed by atoms with Crippen LogP contribution < -0.4 is 35.5 Å². The summed E-state index contributed by atoms with van der Waals surface area (Å²) in [4.78, 5) is 82.6. The quantitative estimate of drug-likeness (QED) is 0.0756. The molecule has 4 amide bonds. The maximum absolute atomic E-state index is 13.1. The molecule has 3 aliphatic rings. The van der Waals surface area contributed by atoms with Gasteiger partial charge in [0.2, 0.25) is 5.91 Å². The lowest BCUT2D eigenvalue weighted by Crippen LogP contribution is -2.28. The van der Waals surface area contributed by atoms with Crippen LogP contribution in [0.25, 0.3) is 0 Å². The molecule has 0 fully saturated rings. The van der Waals surface area contributed by atoms with E-state index >= 15 is 0 Å². The summed E-state index contributed by atoms with van der Waals surface area (Å²) < 4.78 is 16.2. The molecule has 0 aliphatic carbocycles. The van der Waals surface area contributed by atoms with Crippen LogP contribution >= 0.6 is 11.6 Å². The van der Waals surface area contributed by atoms with E-state index in [1.54, 1.807) is 66.7 Å². The van der Waals surface area contributed by atoms with Crippen molar-refractivity contribution in [1.82, 2.24) is 14.7 Å². The Morgan fingerprint density at radius 2 is 0.828 bits per heavy atom. The van der Waals surface area contributed by atoms with Gasteiger partial charge in [-0.05, 0) is 134 Å². The Kier molecular flexibility index (Phi) is 20.4. The number of methoxy groups -OCH3 is 3. The number of carbonyl (C=O) groups excluding carboxylic acids is 6. The van der Waals surface area contributed by atoms with Crippen molar-refractivity contribution in [3.8, 4) is 17.2 Å². The van der Waals surface area contributed by atoms with Gasteiger partial charge in [-0.15, -0.1) is 0 Å². The predicted molar refractivity (Wildman–Crippen MR) is 341 cm³/mol. The zero-order valence-electron chi connectivity index (χ0n) is 49.8. The summed E-state index contributed by atoms with van der Waals surface area (Å²) in [7, 11) is 10.7. The number of hydrogen-bond acceptors (Lipinski definition) is 12. The Labute approximate surface area is 512 Å². The molecule has 0 unspecified atom stereocenters. The summed E-state index contributed by atoms with van der Waals surface area (Å²) in [6.45, 7) is 6.81. The van der Waals surface area contributed by atoms with Gasteiger partial charge in [-0.25, -0.2) is 0 Å². The van der Waals surface area contributed by atoms with Gasteiger partial charge in [0.05, 0.1) is 48.7 Å². The first-order chi connectivity index (χ1) is 42.0. The number of hydrogen-bond donors (Lipinski definition) is 4. The number of likely N-dealkylation sites (N-methyl/N-ethyl adjacent to an activating group) is 3. The number of carbonyl (C=O) groups is 6. The minimum atomic E-state index is -0.315. The normalized spacial score (nSPS) is 13.5. The molecule has 0 spiro atoms. The van der Waals surface area contributed by atoms with Gasteiger partial charge in [-0.3, -0.25) is 28.8 Å². The first-order valence-electron chi connectivity index (χ1n) is 28.5. The van der Waals surface area contributed by atoms with Crippen LogP contribution in [-0.2, 0) is 43.7 Å². The average molecular weight is 1190 g/mol. The topological polar surface area (TPSA) is 188 Å². The van der Waals surface area contributed by atoms with Gasteiger partial charge in [0.15, 0.2) is 11.6 Å². The molecule has 0 atom stereocenters. The molecule has 8 aromatic carbocycles. The number of rotatable bonds is 14. The van der Waals surface area contributed by atoms with Crippen LogP contribution in [0, 0.1) is 0 Å². The molecule has 17 heteroatoms. The summed E-state index contributed by atoms with van der Waals surface area (Å²) in [5.74, 6) is -0.210. The summed E-state index contributed by atoms with van der Waals surface area (Å²) in [5, 5.41) is 11.9. The van der Waals surface area contributed by atoms with Crippen LogP contribution in [0.5, 0.6) is 17.2 Å². The monoisotopic (exact) mass is 1190 g/mol. The second-order valence-corrected chi connectivity index (χ2v) is 22.0. The van der Waals surface area contributed by atoms with Crippen LogP contribution in [0.3, 0.4) is 0 Å². The van der Waals surface area contributed by atoms with Crippen LogP contribution in [0.2, 0.25) is 5.02 Å². The number of benzene rings is 8. The Bertz CT molecular complexity index is 3880. The lowest BCUT2D eigenvalue weighted by Gasteiger charge is -2.27. The van der Waals surface area contributed by atoms with E-state index in [1.807, 2.05) is 72.8 Å². The second kappa shape index (κ2) is 28.6. The zero-order valence-corrected chi connectivity index (χ0v) is 50.6. The van der Waals surface area contributed by atoms with Crippen molar-refractivity contribution in [2.45, 2.75) is 45.8 Å². The summed E-state index contributed by atoms with van der Waals surface area (Å²) in [6, 6.07) is 49.0. The Morgan fingerprint density at radius 1 is 0.391 bits per heavy atom. The number of fused-ring (bicyclic) bond motifs is 3. The molecule has 4 N–H and O–H groups in total. The van der Waals surface area contributed by atoms with Crippen molar-refractivity contribution in [2.24, 2.45) is 0 Å². The lowest BCUT2D eigenvalue weighted by atomic mass is 9.97. The first kappa shape index (κ1) is 62.1. The van der Waals surface area contributed by atoms with E-state index in [-0.39, 0.29) is 40.2 Å². The van der Waals surface area contributed by atoms with Crippen molar-refractivity contribution >= 4 is 69.5 Å². The highest BCUT2D eigenvalue weighted by Gasteiger charge is 2.25. The van der Waals surface area contributed by atoms with E-state index in [1.165, 1.54) is 62.1 Å². The molecule has 87 heavy (non-hydrogen) atoms. The maximum atomic E-state index is 13.1. The van der Waals surface area contributed by atoms with Crippen LogP contribution in [-0.4, -0.2) is 112 Å². The van der Waals surface area contributed by atoms with E-state index in [4.69, 9.17) is 25.8 Å². The molecular formula is C70H70ClN7O9.